The van der Waals surface area contributed by atoms with E-state index in [4.69, 9.17) is 18.9 Å². The van der Waals surface area contributed by atoms with E-state index < -0.39 is 0 Å². The van der Waals surface area contributed by atoms with Crippen LogP contribution in [0.4, 0.5) is 0 Å². The van der Waals surface area contributed by atoms with Gasteiger partial charge in [-0.15, -0.1) is 23.5 Å². The van der Waals surface area contributed by atoms with Crippen LogP contribution in [0.2, 0.25) is 0 Å². The lowest BCUT2D eigenvalue weighted by Crippen LogP contribution is -2.39. The lowest BCUT2D eigenvalue weighted by atomic mass is 10.3. The van der Waals surface area contributed by atoms with E-state index in [9.17, 15) is 9.59 Å². The molecule has 0 bridgehead atoms. The minimum atomic E-state index is -0.0368. The van der Waals surface area contributed by atoms with Crippen LogP contribution in [0.25, 0.3) is 0 Å². The Bertz CT molecular complexity index is 994. The van der Waals surface area contributed by atoms with Gasteiger partial charge in [-0.1, -0.05) is 45.9 Å². The largest absolute Gasteiger partial charge is 0.493 e. The maximum atomic E-state index is 12.9. The van der Waals surface area contributed by atoms with E-state index in [1.54, 1.807) is 37.7 Å². The summed E-state index contributed by atoms with van der Waals surface area (Å²) in [6, 6.07) is 15.0. The third-order valence-electron chi connectivity index (χ3n) is 5.97. The molecule has 206 valence electrons. The van der Waals surface area contributed by atoms with Crippen LogP contribution in [0.15, 0.2) is 48.5 Å². The highest BCUT2D eigenvalue weighted by molar-refractivity contribution is 8.77. The fraction of sp³-hybridized carbons (Fsp3) is 0.462. The average molecular weight is 597 g/mol. The molecule has 0 saturated carbocycles. The number of hydrogen-bond donors (Lipinski definition) is 0. The number of amides is 2. The van der Waals surface area contributed by atoms with E-state index in [1.165, 1.54) is 21.6 Å². The van der Waals surface area contributed by atoms with Crippen molar-refractivity contribution >= 4 is 56.9 Å². The van der Waals surface area contributed by atoms with E-state index in [-0.39, 0.29) is 22.6 Å². The zero-order valence-corrected chi connectivity index (χ0v) is 24.7. The number of carbonyl (C=O) groups excluding carboxylic acids is 2. The van der Waals surface area contributed by atoms with Crippen molar-refractivity contribution in [3.05, 3.63) is 48.5 Å². The highest BCUT2D eigenvalue weighted by atomic mass is 33.1. The molecule has 4 rings (SSSR count). The molecule has 2 unspecified atom stereocenters. The molecule has 2 atom stereocenters. The molecule has 2 saturated heterocycles. The molecular weight excluding hydrogens is 565 g/mol. The molecule has 8 nitrogen and oxygen atoms in total. The Morgan fingerprint density at radius 1 is 0.737 bits per heavy atom. The van der Waals surface area contributed by atoms with Crippen LogP contribution < -0.4 is 18.9 Å². The monoisotopic (exact) mass is 596 g/mol. The van der Waals surface area contributed by atoms with Crippen LogP contribution in [-0.2, 0) is 9.59 Å². The van der Waals surface area contributed by atoms with E-state index in [1.807, 2.05) is 58.3 Å². The van der Waals surface area contributed by atoms with Crippen molar-refractivity contribution < 1.29 is 28.5 Å². The summed E-state index contributed by atoms with van der Waals surface area (Å²) in [6.07, 6.45) is 0. The molecule has 0 N–H and O–H groups in total. The van der Waals surface area contributed by atoms with Gasteiger partial charge in [0.2, 0.25) is 11.8 Å². The summed E-state index contributed by atoms with van der Waals surface area (Å²) in [6.45, 7) is 2.20. The third kappa shape index (κ3) is 7.77. The molecule has 2 aliphatic rings. The van der Waals surface area contributed by atoms with Crippen molar-refractivity contribution in [3.63, 3.8) is 0 Å². The number of ether oxygens (including phenoxy) is 4. The maximum absolute atomic E-state index is 12.9. The minimum Gasteiger partial charge on any atom is -0.493 e. The summed E-state index contributed by atoms with van der Waals surface area (Å²) in [4.78, 5) is 29.5. The van der Waals surface area contributed by atoms with Crippen molar-refractivity contribution in [2.45, 2.75) is 10.7 Å². The maximum Gasteiger partial charge on any atom is 0.234 e. The summed E-state index contributed by atoms with van der Waals surface area (Å²) >= 11 is 3.44. The molecule has 2 aromatic rings. The van der Waals surface area contributed by atoms with Crippen molar-refractivity contribution in [2.24, 2.45) is 0 Å². The number of thioether (sulfide) groups is 2. The molecular formula is C26H32N2O6S4. The lowest BCUT2D eigenvalue weighted by molar-refractivity contribution is -0.129. The number of methoxy groups -OCH3 is 2. The highest BCUT2D eigenvalue weighted by Crippen LogP contribution is 2.32. The summed E-state index contributed by atoms with van der Waals surface area (Å²) < 4.78 is 22.6. The number of para-hydroxylation sites is 4. The molecule has 0 aromatic heterocycles. The molecule has 12 heteroatoms. The van der Waals surface area contributed by atoms with Gasteiger partial charge in [-0.05, 0) is 24.3 Å². The molecule has 2 aromatic carbocycles. The van der Waals surface area contributed by atoms with Crippen LogP contribution in [0.1, 0.15) is 0 Å². The summed E-state index contributed by atoms with van der Waals surface area (Å²) in [7, 11) is 6.08. The number of rotatable bonds is 13. The Morgan fingerprint density at radius 3 is 1.53 bits per heavy atom. The van der Waals surface area contributed by atoms with Crippen LogP contribution in [0, 0.1) is 0 Å². The molecule has 0 aliphatic carbocycles. The third-order valence-corrected chi connectivity index (χ3v) is 10.5. The predicted molar refractivity (Wildman–Crippen MR) is 158 cm³/mol. The Balaban J connectivity index is 1.17. The van der Waals surface area contributed by atoms with Crippen molar-refractivity contribution in [3.8, 4) is 23.0 Å². The van der Waals surface area contributed by atoms with Crippen molar-refractivity contribution in [2.75, 3.05) is 63.5 Å². The SMILES string of the molecule is COc1ccccc1OCC1SCCN1C(=O)CSSCC(=O)N1CCSC1COc1ccccc1OC. The van der Waals surface area contributed by atoms with Gasteiger partial charge in [0.1, 0.15) is 24.0 Å². The first-order valence-electron chi connectivity index (χ1n) is 12.2. The van der Waals surface area contributed by atoms with Gasteiger partial charge in [0.25, 0.3) is 0 Å². The predicted octanol–water partition coefficient (Wildman–Crippen LogP) is 4.35. The molecule has 38 heavy (non-hydrogen) atoms. The first-order chi connectivity index (χ1) is 18.6. The summed E-state index contributed by atoms with van der Waals surface area (Å²) in [5, 5.41) is -0.0736. The van der Waals surface area contributed by atoms with Gasteiger partial charge in [-0.2, -0.15) is 0 Å². The van der Waals surface area contributed by atoms with E-state index in [2.05, 4.69) is 0 Å². The highest BCUT2D eigenvalue weighted by Gasteiger charge is 2.32. The smallest absolute Gasteiger partial charge is 0.234 e. The second-order valence-corrected chi connectivity index (χ2v) is 13.3. The minimum absolute atomic E-state index is 0.0368. The Kier molecular flexibility index (Phi) is 11.4. The van der Waals surface area contributed by atoms with E-state index in [0.717, 1.165) is 11.5 Å². The first kappa shape index (κ1) is 29.0. The second-order valence-electron chi connectivity index (χ2n) is 8.27. The molecule has 2 heterocycles. The van der Waals surface area contributed by atoms with Gasteiger partial charge in [-0.25, -0.2) is 0 Å². The molecule has 2 amide bonds. The Labute approximate surface area is 240 Å². The molecule has 0 spiro atoms. The molecule has 2 aliphatic heterocycles. The fourth-order valence-electron chi connectivity index (χ4n) is 4.04. The van der Waals surface area contributed by atoms with Gasteiger partial charge in [0.15, 0.2) is 23.0 Å². The zero-order valence-electron chi connectivity index (χ0n) is 21.4. The topological polar surface area (TPSA) is 77.5 Å². The van der Waals surface area contributed by atoms with E-state index in [0.29, 0.717) is 60.8 Å². The average Bonchev–Trinajstić information content (AvgIpc) is 3.63. The fourth-order valence-corrected chi connectivity index (χ4v) is 8.12. The summed E-state index contributed by atoms with van der Waals surface area (Å²) in [5.41, 5.74) is 0. The van der Waals surface area contributed by atoms with Crippen LogP contribution in [-0.4, -0.2) is 95.9 Å². The van der Waals surface area contributed by atoms with Gasteiger partial charge in [0, 0.05) is 24.6 Å². The van der Waals surface area contributed by atoms with Gasteiger partial charge in [-0.3, -0.25) is 9.59 Å². The van der Waals surface area contributed by atoms with Crippen molar-refractivity contribution in [1.82, 2.24) is 9.80 Å². The van der Waals surface area contributed by atoms with Crippen molar-refractivity contribution in [1.29, 1.82) is 0 Å². The van der Waals surface area contributed by atoms with Gasteiger partial charge >= 0.3 is 0 Å². The van der Waals surface area contributed by atoms with Crippen LogP contribution in [0.5, 0.6) is 23.0 Å². The normalized spacial score (nSPS) is 18.9. The number of nitrogens with zero attached hydrogens (tertiary/aromatic N) is 2. The summed E-state index contributed by atoms with van der Waals surface area (Å²) in [5.74, 6) is 5.22. The van der Waals surface area contributed by atoms with Gasteiger partial charge < -0.3 is 28.7 Å². The molecule has 2 fully saturated rings. The van der Waals surface area contributed by atoms with Crippen LogP contribution >= 0.6 is 45.1 Å². The number of carbonyl (C=O) groups is 2. The quantitative estimate of drug-likeness (QED) is 0.246. The van der Waals surface area contributed by atoms with E-state index >= 15 is 0 Å². The lowest BCUT2D eigenvalue weighted by Gasteiger charge is -2.25. The second kappa shape index (κ2) is 14.9. The number of benzene rings is 2. The Hall–Kier alpha value is -2.02. The van der Waals surface area contributed by atoms with Crippen LogP contribution in [0.3, 0.4) is 0 Å². The first-order valence-corrected chi connectivity index (χ1v) is 16.8. The standard InChI is InChI=1S/C26H32N2O6S4/c1-31-19-7-3-5-9-21(19)33-15-25-27(11-13-35-25)23(29)17-37-38-18-24(30)28-12-14-36-26(28)16-34-22-10-6-4-8-20(22)32-2/h3-10,25-26H,11-18H2,1-2H3. The molecule has 0 radical (unpaired) electrons. The zero-order chi connectivity index (χ0) is 26.7. The van der Waals surface area contributed by atoms with Gasteiger partial charge in [0.05, 0.1) is 25.7 Å². The Morgan fingerprint density at radius 2 is 1.13 bits per heavy atom. The number of hydrogen-bond acceptors (Lipinski definition) is 10.